The zero-order chi connectivity index (χ0) is 13.5. The van der Waals surface area contributed by atoms with Crippen molar-refractivity contribution < 1.29 is 9.47 Å². The van der Waals surface area contributed by atoms with Crippen molar-refractivity contribution in [2.75, 3.05) is 14.2 Å². The summed E-state index contributed by atoms with van der Waals surface area (Å²) in [6.45, 7) is 1.37. The van der Waals surface area contributed by atoms with Crippen LogP contribution in [0.25, 0.3) is 0 Å². The van der Waals surface area contributed by atoms with E-state index in [4.69, 9.17) is 9.47 Å². The number of hydrogen-bond donors (Lipinski definition) is 1. The van der Waals surface area contributed by atoms with Crippen LogP contribution in [0.15, 0.2) is 36.8 Å². The maximum atomic E-state index is 5.38. The summed E-state index contributed by atoms with van der Waals surface area (Å²) in [5.41, 5.74) is 2.01. The topological polar surface area (TPSA) is 56.3 Å². The highest BCUT2D eigenvalue weighted by atomic mass is 16.5. The number of rotatable bonds is 6. The van der Waals surface area contributed by atoms with E-state index in [-0.39, 0.29) is 0 Å². The third-order valence-corrected chi connectivity index (χ3v) is 2.75. The predicted octanol–water partition coefficient (Wildman–Crippen LogP) is 1.78. The zero-order valence-corrected chi connectivity index (χ0v) is 11.1. The molecule has 2 rings (SSSR count). The Morgan fingerprint density at radius 3 is 2.68 bits per heavy atom. The van der Waals surface area contributed by atoms with E-state index in [0.717, 1.165) is 22.8 Å². The number of nitrogens with one attached hydrogen (secondary N) is 1. The maximum Gasteiger partial charge on any atom is 0.165 e. The Labute approximate surface area is 112 Å². The molecule has 0 aliphatic rings. The van der Waals surface area contributed by atoms with E-state index in [9.17, 15) is 0 Å². The molecule has 0 aliphatic heterocycles. The van der Waals surface area contributed by atoms with Gasteiger partial charge in [0.15, 0.2) is 11.5 Å². The highest BCUT2D eigenvalue weighted by Gasteiger charge is 2.08. The van der Waals surface area contributed by atoms with Crippen LogP contribution < -0.4 is 14.8 Å². The molecular formula is C14H17N3O2. The molecule has 1 aromatic carbocycles. The largest absolute Gasteiger partial charge is 0.493 e. The molecule has 0 aliphatic carbocycles. The van der Waals surface area contributed by atoms with Gasteiger partial charge in [0, 0.05) is 24.8 Å². The van der Waals surface area contributed by atoms with Gasteiger partial charge in [-0.15, -0.1) is 0 Å². The number of methoxy groups -OCH3 is 2. The lowest BCUT2D eigenvalue weighted by Crippen LogP contribution is -2.14. The summed E-state index contributed by atoms with van der Waals surface area (Å²) >= 11 is 0. The average molecular weight is 259 g/mol. The fourth-order valence-electron chi connectivity index (χ4n) is 1.84. The van der Waals surface area contributed by atoms with Crippen LogP contribution in [0.4, 0.5) is 0 Å². The van der Waals surface area contributed by atoms with Crippen molar-refractivity contribution in [3.8, 4) is 11.5 Å². The van der Waals surface area contributed by atoms with E-state index >= 15 is 0 Å². The number of ether oxygens (including phenoxy) is 2. The number of nitrogens with zero attached hydrogens (tertiary/aromatic N) is 2. The number of aromatic nitrogens is 2. The maximum absolute atomic E-state index is 5.38. The molecule has 0 saturated heterocycles. The van der Waals surface area contributed by atoms with Gasteiger partial charge >= 0.3 is 0 Å². The minimum absolute atomic E-state index is 0.683. The van der Waals surface area contributed by atoms with Gasteiger partial charge in [-0.1, -0.05) is 12.1 Å². The Morgan fingerprint density at radius 2 is 2.00 bits per heavy atom. The normalized spacial score (nSPS) is 10.2. The fourth-order valence-corrected chi connectivity index (χ4v) is 1.84. The number of benzene rings is 1. The van der Waals surface area contributed by atoms with Gasteiger partial charge in [0.2, 0.25) is 0 Å². The molecule has 100 valence electrons. The molecule has 5 heteroatoms. The Balaban J connectivity index is 2.00. The van der Waals surface area contributed by atoms with Crippen molar-refractivity contribution in [2.24, 2.45) is 0 Å². The van der Waals surface area contributed by atoms with E-state index in [1.807, 2.05) is 24.3 Å². The van der Waals surface area contributed by atoms with E-state index in [1.54, 1.807) is 26.7 Å². The molecule has 0 atom stereocenters. The SMILES string of the molecule is COc1cccc(CNCc2ccncn2)c1OC. The smallest absolute Gasteiger partial charge is 0.165 e. The summed E-state index contributed by atoms with van der Waals surface area (Å²) in [6.07, 6.45) is 3.28. The molecule has 5 nitrogen and oxygen atoms in total. The molecule has 0 spiro atoms. The van der Waals surface area contributed by atoms with Gasteiger partial charge in [0.25, 0.3) is 0 Å². The van der Waals surface area contributed by atoms with Crippen LogP contribution in [0.1, 0.15) is 11.3 Å². The van der Waals surface area contributed by atoms with Crippen molar-refractivity contribution in [2.45, 2.75) is 13.1 Å². The Bertz CT molecular complexity index is 517. The molecule has 0 amide bonds. The molecule has 0 radical (unpaired) electrons. The molecule has 1 heterocycles. The van der Waals surface area contributed by atoms with E-state index in [2.05, 4.69) is 15.3 Å². The second-order valence-corrected chi connectivity index (χ2v) is 3.96. The lowest BCUT2D eigenvalue weighted by atomic mass is 10.2. The first-order valence-electron chi connectivity index (χ1n) is 6.00. The van der Waals surface area contributed by atoms with Crippen molar-refractivity contribution in [1.82, 2.24) is 15.3 Å². The third-order valence-electron chi connectivity index (χ3n) is 2.75. The monoisotopic (exact) mass is 259 g/mol. The number of para-hydroxylation sites is 1. The van der Waals surface area contributed by atoms with Crippen LogP contribution in [0.2, 0.25) is 0 Å². The molecule has 0 saturated carbocycles. The van der Waals surface area contributed by atoms with Crippen LogP contribution in [0, 0.1) is 0 Å². The highest BCUT2D eigenvalue weighted by molar-refractivity contribution is 5.46. The standard InChI is InChI=1S/C14H17N3O2/c1-18-13-5-3-4-11(14(13)19-2)8-16-9-12-6-7-15-10-17-12/h3-7,10,16H,8-9H2,1-2H3. The first kappa shape index (κ1) is 13.3. The second-order valence-electron chi connectivity index (χ2n) is 3.96. The van der Waals surface area contributed by atoms with Crippen molar-refractivity contribution in [3.63, 3.8) is 0 Å². The van der Waals surface area contributed by atoms with Crippen molar-refractivity contribution in [3.05, 3.63) is 48.0 Å². The van der Waals surface area contributed by atoms with Gasteiger partial charge in [0.05, 0.1) is 19.9 Å². The first-order valence-corrected chi connectivity index (χ1v) is 6.00. The lowest BCUT2D eigenvalue weighted by molar-refractivity contribution is 0.350. The van der Waals surface area contributed by atoms with Gasteiger partial charge in [-0.2, -0.15) is 0 Å². The minimum atomic E-state index is 0.683. The Morgan fingerprint density at radius 1 is 1.11 bits per heavy atom. The van der Waals surface area contributed by atoms with E-state index in [1.165, 1.54) is 0 Å². The van der Waals surface area contributed by atoms with Gasteiger partial charge in [-0.05, 0) is 12.1 Å². The van der Waals surface area contributed by atoms with Gasteiger partial charge in [-0.3, -0.25) is 0 Å². The fraction of sp³-hybridized carbons (Fsp3) is 0.286. The van der Waals surface area contributed by atoms with Crippen LogP contribution in [0.3, 0.4) is 0 Å². The first-order chi connectivity index (χ1) is 9.35. The van der Waals surface area contributed by atoms with Gasteiger partial charge in [0.1, 0.15) is 6.33 Å². The van der Waals surface area contributed by atoms with E-state index < -0.39 is 0 Å². The number of hydrogen-bond acceptors (Lipinski definition) is 5. The molecule has 0 bridgehead atoms. The Kier molecular flexibility index (Phi) is 4.69. The average Bonchev–Trinajstić information content (AvgIpc) is 2.48. The molecule has 1 N–H and O–H groups in total. The predicted molar refractivity (Wildman–Crippen MR) is 72.1 cm³/mol. The summed E-state index contributed by atoms with van der Waals surface area (Å²) in [4.78, 5) is 8.04. The van der Waals surface area contributed by atoms with Crippen LogP contribution in [-0.2, 0) is 13.1 Å². The van der Waals surface area contributed by atoms with Gasteiger partial charge < -0.3 is 14.8 Å². The highest BCUT2D eigenvalue weighted by Crippen LogP contribution is 2.30. The second kappa shape index (κ2) is 6.70. The van der Waals surface area contributed by atoms with Crippen molar-refractivity contribution >= 4 is 0 Å². The molecule has 1 aromatic heterocycles. The summed E-state index contributed by atoms with van der Waals surface area (Å²) in [5.74, 6) is 1.50. The summed E-state index contributed by atoms with van der Waals surface area (Å²) < 4.78 is 10.6. The molecule has 19 heavy (non-hydrogen) atoms. The summed E-state index contributed by atoms with van der Waals surface area (Å²) in [6, 6.07) is 7.72. The van der Waals surface area contributed by atoms with E-state index in [0.29, 0.717) is 13.1 Å². The van der Waals surface area contributed by atoms with Crippen LogP contribution in [0.5, 0.6) is 11.5 Å². The molecule has 2 aromatic rings. The van der Waals surface area contributed by atoms with Crippen LogP contribution >= 0.6 is 0 Å². The van der Waals surface area contributed by atoms with Crippen molar-refractivity contribution in [1.29, 1.82) is 0 Å². The summed E-state index contributed by atoms with van der Waals surface area (Å²) in [7, 11) is 3.28. The molecular weight excluding hydrogens is 242 g/mol. The lowest BCUT2D eigenvalue weighted by Gasteiger charge is -2.12. The minimum Gasteiger partial charge on any atom is -0.493 e. The van der Waals surface area contributed by atoms with Gasteiger partial charge in [-0.25, -0.2) is 9.97 Å². The molecule has 0 fully saturated rings. The molecule has 0 unspecified atom stereocenters. The summed E-state index contributed by atoms with van der Waals surface area (Å²) in [5, 5.41) is 3.32. The van der Waals surface area contributed by atoms with Crippen LogP contribution in [-0.4, -0.2) is 24.2 Å². The third kappa shape index (κ3) is 3.42. The Hall–Kier alpha value is -2.14. The quantitative estimate of drug-likeness (QED) is 0.857. The zero-order valence-electron chi connectivity index (χ0n) is 11.1.